The highest BCUT2D eigenvalue weighted by molar-refractivity contribution is 7.51. The summed E-state index contributed by atoms with van der Waals surface area (Å²) < 4.78 is 18.7. The molecule has 0 aromatic carbocycles. The van der Waals surface area contributed by atoms with Crippen molar-refractivity contribution < 1.29 is 28.7 Å². The molecule has 0 aliphatic carbocycles. The fourth-order valence-corrected chi connectivity index (χ4v) is 0.571. The first-order valence-electron chi connectivity index (χ1n) is 5.17. The van der Waals surface area contributed by atoms with Crippen LogP contribution in [0.15, 0.2) is 0 Å². The lowest BCUT2D eigenvalue weighted by Crippen LogP contribution is -1.97. The summed E-state index contributed by atoms with van der Waals surface area (Å²) in [7, 11) is -7.28. The number of unbranched alkanes of at least 4 members (excludes halogenated alkanes) is 3. The molecule has 108 valence electrons. The molecule has 6 N–H and O–H groups in total. The summed E-state index contributed by atoms with van der Waals surface area (Å²) >= 11 is 0. The lowest BCUT2D eigenvalue weighted by atomic mass is 10.2. The summed E-state index contributed by atoms with van der Waals surface area (Å²) in [6, 6.07) is 0. The third-order valence-electron chi connectivity index (χ3n) is 1.06. The molecule has 0 bridgehead atoms. The average Bonchev–Trinajstić information content (AvgIpc) is 1.99. The Morgan fingerprint density at radius 1 is 0.882 bits per heavy atom. The molecule has 0 heterocycles. The summed E-state index contributed by atoms with van der Waals surface area (Å²) in [5.41, 5.74) is 5.27. The topological polar surface area (TPSA) is 141 Å². The predicted octanol–water partition coefficient (Wildman–Crippen LogP) is 1.11. The monoisotopic (exact) mass is 293 g/mol. The summed E-state index contributed by atoms with van der Waals surface area (Å²) in [5, 5.41) is 0. The largest absolute Gasteiger partial charge is 0.330 e. The molecule has 0 fully saturated rings. The van der Waals surface area contributed by atoms with Crippen molar-refractivity contribution in [1.29, 1.82) is 0 Å². The Bertz CT molecular complexity index is 196. The lowest BCUT2D eigenvalue weighted by molar-refractivity contribution is 0.379. The summed E-state index contributed by atoms with van der Waals surface area (Å²) in [4.78, 5) is 30.5. The Hall–Kier alpha value is 0.260. The van der Waals surface area contributed by atoms with E-state index >= 15 is 0 Å². The minimum absolute atomic E-state index is 0.854. The van der Waals surface area contributed by atoms with Crippen LogP contribution < -0.4 is 5.73 Å². The molecule has 0 amide bonds. The van der Waals surface area contributed by atoms with Gasteiger partial charge in [-0.15, -0.1) is 0 Å². The maximum Gasteiger partial charge on any atom is 0.322 e. The van der Waals surface area contributed by atoms with Gasteiger partial charge in [0.1, 0.15) is 0 Å². The van der Waals surface area contributed by atoms with Crippen LogP contribution in [0.3, 0.4) is 0 Å². The van der Waals surface area contributed by atoms with E-state index in [1.54, 1.807) is 0 Å². The van der Waals surface area contributed by atoms with Gasteiger partial charge in [-0.05, 0) is 13.0 Å². The molecule has 0 radical (unpaired) electrons. The summed E-state index contributed by atoms with van der Waals surface area (Å²) in [6.07, 6.45) is 5.16. The van der Waals surface area contributed by atoms with Gasteiger partial charge in [0.25, 0.3) is 0 Å². The zero-order valence-corrected chi connectivity index (χ0v) is 12.4. The summed E-state index contributed by atoms with van der Waals surface area (Å²) in [6.45, 7) is 4.77. The van der Waals surface area contributed by atoms with E-state index in [0.717, 1.165) is 19.9 Å². The van der Waals surface area contributed by atoms with E-state index in [9.17, 15) is 9.13 Å². The fourth-order valence-electron chi connectivity index (χ4n) is 0.571. The Balaban J connectivity index is -0.000000177. The van der Waals surface area contributed by atoms with Crippen LogP contribution in [0, 0.1) is 0 Å². The van der Waals surface area contributed by atoms with Crippen molar-refractivity contribution >= 4 is 15.2 Å². The van der Waals surface area contributed by atoms with E-state index in [1.165, 1.54) is 25.7 Å². The number of hydrogen-bond donors (Lipinski definition) is 5. The normalized spacial score (nSPS) is 10.8. The Morgan fingerprint density at radius 3 is 1.35 bits per heavy atom. The minimum Gasteiger partial charge on any atom is -0.330 e. The predicted molar refractivity (Wildman–Crippen MR) is 69.1 cm³/mol. The van der Waals surface area contributed by atoms with Crippen LogP contribution in [0.4, 0.5) is 0 Å². The standard InChI is InChI=1S/C6H15N.2CH5O3P/c1-2-3-4-5-6-7;2*1-5(2,3)4/h2-7H2,1H3;2*1H3,(H2,2,3,4). The van der Waals surface area contributed by atoms with Crippen LogP contribution in [-0.2, 0) is 9.13 Å². The molecule has 0 atom stereocenters. The molecular formula is C8H25NO6P2. The molecule has 9 heteroatoms. The van der Waals surface area contributed by atoms with Crippen molar-refractivity contribution in [2.24, 2.45) is 5.73 Å². The fraction of sp³-hybridized carbons (Fsp3) is 1.00. The van der Waals surface area contributed by atoms with Gasteiger partial charge in [0.2, 0.25) is 0 Å². The van der Waals surface area contributed by atoms with Gasteiger partial charge in [-0.25, -0.2) is 0 Å². The first kappa shape index (κ1) is 22.4. The van der Waals surface area contributed by atoms with Crippen LogP contribution in [0.1, 0.15) is 32.6 Å². The van der Waals surface area contributed by atoms with Crippen molar-refractivity contribution in [3.63, 3.8) is 0 Å². The van der Waals surface area contributed by atoms with Crippen molar-refractivity contribution in [1.82, 2.24) is 0 Å². The molecule has 0 aromatic heterocycles. The molecule has 0 saturated heterocycles. The highest BCUT2D eigenvalue weighted by Crippen LogP contribution is 2.27. The highest BCUT2D eigenvalue weighted by atomic mass is 31.2. The first-order chi connectivity index (χ1) is 7.41. The van der Waals surface area contributed by atoms with Crippen molar-refractivity contribution in [3.8, 4) is 0 Å². The molecule has 0 saturated carbocycles. The molecule has 17 heavy (non-hydrogen) atoms. The number of rotatable bonds is 4. The van der Waals surface area contributed by atoms with E-state index in [4.69, 9.17) is 25.3 Å². The average molecular weight is 293 g/mol. The van der Waals surface area contributed by atoms with Gasteiger partial charge in [-0.3, -0.25) is 9.13 Å². The Morgan fingerprint density at radius 2 is 1.18 bits per heavy atom. The van der Waals surface area contributed by atoms with Crippen LogP contribution >= 0.6 is 15.2 Å². The van der Waals surface area contributed by atoms with Crippen molar-refractivity contribution in [3.05, 3.63) is 0 Å². The second kappa shape index (κ2) is 12.7. The van der Waals surface area contributed by atoms with E-state index in [1.807, 2.05) is 0 Å². The maximum absolute atomic E-state index is 9.33. The second-order valence-electron chi connectivity index (χ2n) is 3.52. The third kappa shape index (κ3) is 182. The maximum atomic E-state index is 9.33. The van der Waals surface area contributed by atoms with Crippen LogP contribution in [0.2, 0.25) is 0 Å². The second-order valence-corrected chi connectivity index (χ2v) is 6.86. The van der Waals surface area contributed by atoms with Gasteiger partial charge in [-0.2, -0.15) is 0 Å². The van der Waals surface area contributed by atoms with Gasteiger partial charge < -0.3 is 25.3 Å². The van der Waals surface area contributed by atoms with E-state index < -0.39 is 15.2 Å². The van der Waals surface area contributed by atoms with Crippen LogP contribution in [0.25, 0.3) is 0 Å². The first-order valence-corrected chi connectivity index (χ1v) is 9.29. The van der Waals surface area contributed by atoms with Crippen LogP contribution in [0.5, 0.6) is 0 Å². The van der Waals surface area contributed by atoms with E-state index in [-0.39, 0.29) is 0 Å². The van der Waals surface area contributed by atoms with Gasteiger partial charge in [0.05, 0.1) is 0 Å². The molecule has 0 aliphatic rings. The van der Waals surface area contributed by atoms with Gasteiger partial charge in [0, 0.05) is 13.3 Å². The smallest absolute Gasteiger partial charge is 0.322 e. The summed E-state index contributed by atoms with van der Waals surface area (Å²) in [5.74, 6) is 0. The van der Waals surface area contributed by atoms with E-state index in [0.29, 0.717) is 0 Å². The lowest BCUT2D eigenvalue weighted by Gasteiger charge is -1.90. The number of nitrogens with two attached hydrogens (primary N) is 1. The minimum atomic E-state index is -3.64. The molecule has 7 nitrogen and oxygen atoms in total. The molecule has 0 rings (SSSR count). The SMILES string of the molecule is CCCCCCN.CP(=O)(O)O.CP(=O)(O)O. The quantitative estimate of drug-likeness (QED) is 0.386. The zero-order chi connectivity index (χ0) is 14.5. The molecule has 0 unspecified atom stereocenters. The zero-order valence-electron chi connectivity index (χ0n) is 10.6. The molecule has 0 aliphatic heterocycles. The van der Waals surface area contributed by atoms with Gasteiger partial charge >= 0.3 is 15.2 Å². The van der Waals surface area contributed by atoms with Crippen molar-refractivity contribution in [2.75, 3.05) is 19.9 Å². The molecular weight excluding hydrogens is 268 g/mol. The highest BCUT2D eigenvalue weighted by Gasteiger charge is 1.96. The third-order valence-corrected chi connectivity index (χ3v) is 1.06. The molecule has 0 spiro atoms. The Labute approximate surface area is 103 Å². The molecule has 0 aromatic rings. The van der Waals surface area contributed by atoms with Crippen LogP contribution in [-0.4, -0.2) is 39.4 Å². The number of hydrogen-bond acceptors (Lipinski definition) is 3. The van der Waals surface area contributed by atoms with Crippen molar-refractivity contribution in [2.45, 2.75) is 32.6 Å². The van der Waals surface area contributed by atoms with Gasteiger partial charge in [-0.1, -0.05) is 26.2 Å². The van der Waals surface area contributed by atoms with E-state index in [2.05, 4.69) is 6.92 Å². The Kier molecular flexibility index (Phi) is 16.8. The van der Waals surface area contributed by atoms with Gasteiger partial charge in [0.15, 0.2) is 0 Å².